The van der Waals surface area contributed by atoms with Gasteiger partial charge in [-0.3, -0.25) is 4.99 Å². The fraction of sp³-hybridized carbons (Fsp3) is 0.529. The summed E-state index contributed by atoms with van der Waals surface area (Å²) in [4.78, 5) is 9.70. The maximum absolute atomic E-state index is 6.05. The summed E-state index contributed by atoms with van der Waals surface area (Å²) >= 11 is 0. The Hall–Kier alpha value is -1.84. The molecule has 0 bridgehead atoms. The predicted molar refractivity (Wildman–Crippen MR) is 86.0 cm³/mol. The lowest BCUT2D eigenvalue weighted by Crippen LogP contribution is -2.32. The Bertz CT molecular complexity index is 550. The summed E-state index contributed by atoms with van der Waals surface area (Å²) in [5, 5.41) is 0. The minimum Gasteiger partial charge on any atom is -0.497 e. The largest absolute Gasteiger partial charge is 0.497 e. The first-order chi connectivity index (χ1) is 10.2. The van der Waals surface area contributed by atoms with Crippen LogP contribution in [0.15, 0.2) is 34.3 Å². The number of methoxy groups -OCH3 is 1. The third-order valence-corrected chi connectivity index (χ3v) is 4.69. The Labute approximate surface area is 126 Å². The molecule has 1 saturated carbocycles. The van der Waals surface area contributed by atoms with E-state index in [1.165, 1.54) is 32.1 Å². The van der Waals surface area contributed by atoms with Crippen LogP contribution >= 0.6 is 0 Å². The summed E-state index contributed by atoms with van der Waals surface area (Å²) in [6.45, 7) is 1.95. The second-order valence-corrected chi connectivity index (χ2v) is 5.98. The third-order valence-electron chi connectivity index (χ3n) is 4.69. The third kappa shape index (κ3) is 2.43. The normalized spacial score (nSPS) is 26.4. The molecule has 1 aliphatic carbocycles. The van der Waals surface area contributed by atoms with Crippen LogP contribution < -0.4 is 10.5 Å². The van der Waals surface area contributed by atoms with Crippen LogP contribution in [0.2, 0.25) is 0 Å². The van der Waals surface area contributed by atoms with E-state index in [2.05, 4.69) is 12.1 Å². The van der Waals surface area contributed by atoms with E-state index in [0.717, 1.165) is 17.0 Å². The van der Waals surface area contributed by atoms with Crippen LogP contribution in [-0.4, -0.2) is 18.7 Å². The highest BCUT2D eigenvalue weighted by Crippen LogP contribution is 2.45. The zero-order chi connectivity index (χ0) is 14.9. The number of nitrogens with zero attached hydrogens (tertiary/aromatic N) is 2. The van der Waals surface area contributed by atoms with Crippen LogP contribution in [0.4, 0.5) is 0 Å². The molecule has 0 radical (unpaired) electrons. The van der Waals surface area contributed by atoms with Gasteiger partial charge in [-0.15, -0.1) is 0 Å². The van der Waals surface area contributed by atoms with Crippen LogP contribution in [0.25, 0.3) is 0 Å². The number of rotatable bonds is 3. The molecule has 1 fully saturated rings. The number of nitrogens with two attached hydrogens (primary N) is 1. The van der Waals surface area contributed by atoms with Gasteiger partial charge in [0.2, 0.25) is 0 Å². The molecule has 0 unspecified atom stereocenters. The number of ether oxygens (including phenoxy) is 1. The predicted octanol–water partition coefficient (Wildman–Crippen LogP) is 3.26. The molecule has 1 aliphatic heterocycles. The van der Waals surface area contributed by atoms with E-state index in [0.29, 0.717) is 11.8 Å². The van der Waals surface area contributed by atoms with Crippen molar-refractivity contribution in [2.45, 2.75) is 44.7 Å². The van der Waals surface area contributed by atoms with Crippen molar-refractivity contribution in [2.24, 2.45) is 21.6 Å². The fourth-order valence-corrected chi connectivity index (χ4v) is 3.49. The zero-order valence-electron chi connectivity index (χ0n) is 12.8. The molecule has 4 nitrogen and oxygen atoms in total. The van der Waals surface area contributed by atoms with Crippen molar-refractivity contribution in [3.05, 3.63) is 29.8 Å². The maximum atomic E-state index is 6.05. The minimum atomic E-state index is -0.513. The van der Waals surface area contributed by atoms with Gasteiger partial charge in [0.05, 0.1) is 12.8 Å². The molecule has 0 saturated heterocycles. The smallest absolute Gasteiger partial charge is 0.181 e. The van der Waals surface area contributed by atoms with Gasteiger partial charge in [-0.05, 0) is 31.9 Å². The number of aliphatic imine (C=N–C) groups is 2. The Kier molecular flexibility index (Phi) is 3.70. The Balaban J connectivity index is 2.04. The van der Waals surface area contributed by atoms with E-state index in [-0.39, 0.29) is 0 Å². The van der Waals surface area contributed by atoms with Crippen LogP contribution in [0.5, 0.6) is 5.75 Å². The van der Waals surface area contributed by atoms with Crippen molar-refractivity contribution >= 4 is 11.5 Å². The first-order valence-corrected chi connectivity index (χ1v) is 7.72. The van der Waals surface area contributed by atoms with Gasteiger partial charge in [-0.2, -0.15) is 0 Å². The molecule has 21 heavy (non-hydrogen) atoms. The van der Waals surface area contributed by atoms with Gasteiger partial charge < -0.3 is 10.5 Å². The van der Waals surface area contributed by atoms with Crippen LogP contribution in [0.1, 0.15) is 44.6 Å². The molecule has 1 heterocycles. The van der Waals surface area contributed by atoms with E-state index in [4.69, 9.17) is 20.5 Å². The second kappa shape index (κ2) is 5.51. The van der Waals surface area contributed by atoms with Crippen LogP contribution in [0.3, 0.4) is 0 Å². The van der Waals surface area contributed by atoms with Gasteiger partial charge in [0.1, 0.15) is 11.6 Å². The van der Waals surface area contributed by atoms with Crippen molar-refractivity contribution in [1.82, 2.24) is 0 Å². The molecule has 1 aromatic carbocycles. The standard InChI is InChI=1S/C17H23N3O/c1-12-16(18)20-17(19-12,13-6-4-3-5-7-13)14-8-10-15(21-2)11-9-14/h8-11,13H,3-7H2,1-2H3,(H2,18,20)/t17-/m1/s1. The number of benzene rings is 1. The summed E-state index contributed by atoms with van der Waals surface area (Å²) in [6.07, 6.45) is 6.16. The quantitative estimate of drug-likeness (QED) is 0.926. The first-order valence-electron chi connectivity index (χ1n) is 7.72. The van der Waals surface area contributed by atoms with Gasteiger partial charge >= 0.3 is 0 Å². The van der Waals surface area contributed by atoms with Crippen molar-refractivity contribution in [1.29, 1.82) is 0 Å². The molecule has 1 atom stereocenters. The van der Waals surface area contributed by atoms with Crippen molar-refractivity contribution in [3.8, 4) is 5.75 Å². The van der Waals surface area contributed by atoms with E-state index < -0.39 is 5.66 Å². The highest BCUT2D eigenvalue weighted by atomic mass is 16.5. The Morgan fingerprint density at radius 1 is 1.10 bits per heavy atom. The summed E-state index contributed by atoms with van der Waals surface area (Å²) < 4.78 is 5.26. The number of amidine groups is 1. The molecule has 112 valence electrons. The molecule has 1 aromatic rings. The monoisotopic (exact) mass is 285 g/mol. The number of hydrogen-bond acceptors (Lipinski definition) is 4. The molecule has 0 spiro atoms. The summed E-state index contributed by atoms with van der Waals surface area (Å²) in [5.74, 6) is 1.88. The van der Waals surface area contributed by atoms with E-state index in [1.807, 2.05) is 19.1 Å². The van der Waals surface area contributed by atoms with Crippen molar-refractivity contribution < 1.29 is 4.74 Å². The molecule has 3 rings (SSSR count). The van der Waals surface area contributed by atoms with E-state index in [9.17, 15) is 0 Å². The summed E-state index contributed by atoms with van der Waals surface area (Å²) in [5.41, 5.74) is 7.51. The molecule has 0 aromatic heterocycles. The average Bonchev–Trinajstić information content (AvgIpc) is 2.85. The Morgan fingerprint density at radius 2 is 1.76 bits per heavy atom. The highest BCUT2D eigenvalue weighted by Gasteiger charge is 2.43. The maximum Gasteiger partial charge on any atom is 0.181 e. The first kappa shape index (κ1) is 14.1. The molecular formula is C17H23N3O. The van der Waals surface area contributed by atoms with Crippen LogP contribution in [-0.2, 0) is 5.66 Å². The van der Waals surface area contributed by atoms with Gasteiger partial charge in [-0.25, -0.2) is 4.99 Å². The lowest BCUT2D eigenvalue weighted by molar-refractivity contribution is 0.220. The van der Waals surface area contributed by atoms with Gasteiger partial charge in [0.15, 0.2) is 5.66 Å². The second-order valence-electron chi connectivity index (χ2n) is 5.98. The summed E-state index contributed by atoms with van der Waals surface area (Å²) in [7, 11) is 1.68. The van der Waals surface area contributed by atoms with Crippen molar-refractivity contribution in [3.63, 3.8) is 0 Å². The van der Waals surface area contributed by atoms with Crippen molar-refractivity contribution in [2.75, 3.05) is 7.11 Å². The SMILES string of the molecule is COc1ccc([C@]2(C3CCCCC3)N=C(C)C(N)=N2)cc1. The van der Waals surface area contributed by atoms with Crippen LogP contribution in [0, 0.1) is 5.92 Å². The highest BCUT2D eigenvalue weighted by molar-refractivity contribution is 6.41. The lowest BCUT2D eigenvalue weighted by Gasteiger charge is -2.35. The average molecular weight is 285 g/mol. The molecule has 4 heteroatoms. The molecule has 0 amide bonds. The van der Waals surface area contributed by atoms with Gasteiger partial charge in [0.25, 0.3) is 0 Å². The molecule has 2 N–H and O–H groups in total. The fourth-order valence-electron chi connectivity index (χ4n) is 3.49. The van der Waals surface area contributed by atoms with Gasteiger partial charge in [-0.1, -0.05) is 31.4 Å². The summed E-state index contributed by atoms with van der Waals surface area (Å²) in [6, 6.07) is 8.11. The minimum absolute atomic E-state index is 0.440. The lowest BCUT2D eigenvalue weighted by atomic mass is 9.77. The number of hydrogen-bond donors (Lipinski definition) is 1. The van der Waals surface area contributed by atoms with E-state index >= 15 is 0 Å². The zero-order valence-corrected chi connectivity index (χ0v) is 12.8. The molecular weight excluding hydrogens is 262 g/mol. The Morgan fingerprint density at radius 3 is 2.29 bits per heavy atom. The topological polar surface area (TPSA) is 60.0 Å². The van der Waals surface area contributed by atoms with Gasteiger partial charge in [0, 0.05) is 11.5 Å². The molecule has 2 aliphatic rings. The van der Waals surface area contributed by atoms with E-state index in [1.54, 1.807) is 7.11 Å².